The van der Waals surface area contributed by atoms with Crippen LogP contribution in [0.3, 0.4) is 0 Å². The zero-order chi connectivity index (χ0) is 21.3. The largest absolute Gasteiger partial charge is 0.489 e. The summed E-state index contributed by atoms with van der Waals surface area (Å²) in [6.07, 6.45) is 3.15. The van der Waals surface area contributed by atoms with Gasteiger partial charge < -0.3 is 9.26 Å². The van der Waals surface area contributed by atoms with E-state index in [1.807, 2.05) is 44.2 Å². The maximum absolute atomic E-state index is 10.7. The van der Waals surface area contributed by atoms with Gasteiger partial charge in [0, 0.05) is 22.5 Å². The first-order valence-corrected chi connectivity index (χ1v) is 10.0. The van der Waals surface area contributed by atoms with Crippen molar-refractivity contribution in [3.8, 4) is 28.6 Å². The zero-order valence-electron chi connectivity index (χ0n) is 16.6. The van der Waals surface area contributed by atoms with Gasteiger partial charge in [-0.15, -0.1) is 0 Å². The number of aromatic nitrogens is 2. The van der Waals surface area contributed by atoms with Crippen LogP contribution in [0, 0.1) is 10.1 Å². The molecule has 0 unspecified atom stereocenters. The van der Waals surface area contributed by atoms with Crippen molar-refractivity contribution < 1.29 is 14.2 Å². The van der Waals surface area contributed by atoms with E-state index in [4.69, 9.17) is 20.9 Å². The van der Waals surface area contributed by atoms with Crippen LogP contribution >= 0.6 is 11.6 Å². The topological polar surface area (TPSA) is 91.3 Å². The molecular weight excluding hydrogens is 406 g/mol. The average Bonchev–Trinajstić information content (AvgIpc) is 3.34. The third-order valence-electron chi connectivity index (χ3n) is 4.85. The lowest BCUT2D eigenvalue weighted by atomic mass is 9.98. The smallest absolute Gasteiger partial charge is 0.258 e. The molecule has 0 aliphatic heterocycles. The molecule has 0 N–H and O–H groups in total. The second-order valence-corrected chi connectivity index (χ2v) is 7.71. The first-order valence-electron chi connectivity index (χ1n) is 9.66. The number of allylic oxidation sites excluding steroid dienone is 1. The fourth-order valence-electron chi connectivity index (χ4n) is 3.53. The SMILES string of the molecule is CC(C)Oc1ccc(-c2nc(-c3cccc4c3CC=C4CC[N+](=O)[O-])no2)cc1Cl. The number of hydrogen-bond acceptors (Lipinski definition) is 6. The second kappa shape index (κ2) is 8.28. The number of rotatable bonds is 7. The van der Waals surface area contributed by atoms with E-state index in [0.29, 0.717) is 40.9 Å². The first kappa shape index (κ1) is 20.1. The van der Waals surface area contributed by atoms with Crippen LogP contribution in [-0.2, 0) is 6.42 Å². The fourth-order valence-corrected chi connectivity index (χ4v) is 3.76. The van der Waals surface area contributed by atoms with Gasteiger partial charge in [-0.1, -0.05) is 41.0 Å². The highest BCUT2D eigenvalue weighted by atomic mass is 35.5. The Morgan fingerprint density at radius 1 is 1.27 bits per heavy atom. The van der Waals surface area contributed by atoms with Gasteiger partial charge in [-0.3, -0.25) is 10.1 Å². The summed E-state index contributed by atoms with van der Waals surface area (Å²) in [4.78, 5) is 15.0. The second-order valence-electron chi connectivity index (χ2n) is 7.31. The van der Waals surface area contributed by atoms with Gasteiger partial charge in [0.25, 0.3) is 5.89 Å². The van der Waals surface area contributed by atoms with Gasteiger partial charge in [0.1, 0.15) is 5.75 Å². The molecule has 0 spiro atoms. The quantitative estimate of drug-likeness (QED) is 0.369. The molecule has 3 aromatic rings. The molecule has 1 aliphatic rings. The molecule has 0 atom stereocenters. The molecule has 1 heterocycles. The fraction of sp³-hybridized carbons (Fsp3) is 0.273. The Morgan fingerprint density at radius 3 is 2.80 bits per heavy atom. The highest BCUT2D eigenvalue weighted by molar-refractivity contribution is 6.32. The molecule has 0 saturated carbocycles. The van der Waals surface area contributed by atoms with E-state index in [1.54, 1.807) is 12.1 Å². The summed E-state index contributed by atoms with van der Waals surface area (Å²) in [7, 11) is 0. The van der Waals surface area contributed by atoms with E-state index in [2.05, 4.69) is 10.1 Å². The van der Waals surface area contributed by atoms with Crippen LogP contribution < -0.4 is 4.74 Å². The summed E-state index contributed by atoms with van der Waals surface area (Å²) in [6.45, 7) is 3.79. The summed E-state index contributed by atoms with van der Waals surface area (Å²) in [5.74, 6) is 1.44. The molecule has 0 saturated heterocycles. The lowest BCUT2D eigenvalue weighted by Gasteiger charge is -2.11. The van der Waals surface area contributed by atoms with Crippen molar-refractivity contribution in [1.82, 2.24) is 10.1 Å². The van der Waals surface area contributed by atoms with Crippen LogP contribution in [0.1, 0.15) is 31.4 Å². The number of ether oxygens (including phenoxy) is 1. The summed E-state index contributed by atoms with van der Waals surface area (Å²) in [5, 5.41) is 15.3. The molecule has 0 bridgehead atoms. The predicted octanol–water partition coefficient (Wildman–Crippen LogP) is 5.45. The Bertz CT molecular complexity index is 1140. The van der Waals surface area contributed by atoms with Crippen molar-refractivity contribution in [3.63, 3.8) is 0 Å². The average molecular weight is 426 g/mol. The van der Waals surface area contributed by atoms with Gasteiger partial charge in [0.2, 0.25) is 12.4 Å². The van der Waals surface area contributed by atoms with Gasteiger partial charge in [-0.05, 0) is 55.2 Å². The molecule has 30 heavy (non-hydrogen) atoms. The van der Waals surface area contributed by atoms with Crippen LogP contribution in [0.2, 0.25) is 5.02 Å². The molecule has 0 radical (unpaired) electrons. The molecule has 4 rings (SSSR count). The minimum absolute atomic E-state index is 0.0207. The Hall–Kier alpha value is -3.19. The number of nitrogens with zero attached hydrogens (tertiary/aromatic N) is 3. The molecule has 8 heteroatoms. The van der Waals surface area contributed by atoms with Crippen molar-refractivity contribution in [3.05, 3.63) is 68.7 Å². The third kappa shape index (κ3) is 4.07. The summed E-state index contributed by atoms with van der Waals surface area (Å²) >= 11 is 6.32. The lowest BCUT2D eigenvalue weighted by Crippen LogP contribution is -2.05. The standard InChI is InChI=1S/C22H20ClN3O4/c1-13(2)29-20-9-7-15(12-19(20)23)22-24-21(25-30-22)18-5-3-4-16-14(6-8-17(16)18)10-11-26(27)28/h3-7,9,12-13H,8,10-11H2,1-2H3. The number of fused-ring (bicyclic) bond motifs is 1. The monoisotopic (exact) mass is 425 g/mol. The number of nitro groups is 1. The Balaban J connectivity index is 1.60. The van der Waals surface area contributed by atoms with Gasteiger partial charge in [0.05, 0.1) is 11.1 Å². The molecule has 1 aliphatic carbocycles. The van der Waals surface area contributed by atoms with Crippen LogP contribution in [0.15, 0.2) is 47.0 Å². The summed E-state index contributed by atoms with van der Waals surface area (Å²) in [5.41, 5.74) is 4.62. The van der Waals surface area contributed by atoms with Crippen LogP contribution in [0.4, 0.5) is 0 Å². The Morgan fingerprint density at radius 2 is 2.07 bits per heavy atom. The van der Waals surface area contributed by atoms with Crippen molar-refractivity contribution in [1.29, 1.82) is 0 Å². The minimum Gasteiger partial charge on any atom is -0.489 e. The summed E-state index contributed by atoms with van der Waals surface area (Å²) in [6, 6.07) is 11.2. The van der Waals surface area contributed by atoms with E-state index in [-0.39, 0.29) is 17.6 Å². The van der Waals surface area contributed by atoms with Crippen LogP contribution in [-0.4, -0.2) is 27.7 Å². The van der Waals surface area contributed by atoms with E-state index < -0.39 is 0 Å². The molecule has 2 aromatic carbocycles. The van der Waals surface area contributed by atoms with Crippen molar-refractivity contribution >= 4 is 17.2 Å². The minimum atomic E-state index is -0.295. The number of hydrogen-bond donors (Lipinski definition) is 0. The Labute approximate surface area is 178 Å². The predicted molar refractivity (Wildman–Crippen MR) is 114 cm³/mol. The van der Waals surface area contributed by atoms with Crippen molar-refractivity contribution in [2.75, 3.05) is 6.54 Å². The van der Waals surface area contributed by atoms with E-state index >= 15 is 0 Å². The van der Waals surface area contributed by atoms with E-state index in [9.17, 15) is 10.1 Å². The van der Waals surface area contributed by atoms with E-state index in [0.717, 1.165) is 22.3 Å². The normalized spacial score (nSPS) is 12.7. The first-order chi connectivity index (χ1) is 14.4. The molecular formula is C22H20ClN3O4. The Kier molecular flexibility index (Phi) is 5.55. The van der Waals surface area contributed by atoms with Gasteiger partial charge >= 0.3 is 0 Å². The zero-order valence-corrected chi connectivity index (χ0v) is 17.3. The highest BCUT2D eigenvalue weighted by Gasteiger charge is 2.22. The molecule has 0 fully saturated rings. The highest BCUT2D eigenvalue weighted by Crippen LogP contribution is 2.37. The molecule has 0 amide bonds. The van der Waals surface area contributed by atoms with Gasteiger partial charge in [-0.25, -0.2) is 0 Å². The number of halogens is 1. The van der Waals surface area contributed by atoms with Gasteiger partial charge in [-0.2, -0.15) is 4.98 Å². The molecule has 1 aromatic heterocycles. The number of benzene rings is 2. The molecule has 154 valence electrons. The van der Waals surface area contributed by atoms with Crippen LogP contribution in [0.5, 0.6) is 5.75 Å². The third-order valence-corrected chi connectivity index (χ3v) is 5.14. The summed E-state index contributed by atoms with van der Waals surface area (Å²) < 4.78 is 11.1. The lowest BCUT2D eigenvalue weighted by molar-refractivity contribution is -0.478. The molecule has 7 nitrogen and oxygen atoms in total. The maximum Gasteiger partial charge on any atom is 0.258 e. The van der Waals surface area contributed by atoms with E-state index in [1.165, 1.54) is 0 Å². The van der Waals surface area contributed by atoms with Crippen molar-refractivity contribution in [2.45, 2.75) is 32.8 Å². The van der Waals surface area contributed by atoms with Gasteiger partial charge in [0.15, 0.2) is 0 Å². The van der Waals surface area contributed by atoms with Crippen LogP contribution in [0.25, 0.3) is 28.4 Å². The van der Waals surface area contributed by atoms with Crippen molar-refractivity contribution in [2.24, 2.45) is 0 Å². The maximum atomic E-state index is 10.7.